The first-order valence-electron chi connectivity index (χ1n) is 5.15. The van der Waals surface area contributed by atoms with E-state index in [9.17, 15) is 4.79 Å². The average molecular weight is 211 g/mol. The maximum atomic E-state index is 11.9. The molecule has 0 aromatic carbocycles. The summed E-state index contributed by atoms with van der Waals surface area (Å²) in [7, 11) is 0. The number of carbonyl (C=O) groups excluding carboxylic acids is 1. The Morgan fingerprint density at radius 3 is 2.80 bits per heavy atom. The maximum Gasteiger partial charge on any atom is 0.289 e. The van der Waals surface area contributed by atoms with Gasteiger partial charge in [0, 0.05) is 25.3 Å². The van der Waals surface area contributed by atoms with Gasteiger partial charge in [-0.1, -0.05) is 0 Å². The zero-order valence-electron chi connectivity index (χ0n) is 9.19. The van der Waals surface area contributed by atoms with Crippen LogP contribution in [0.2, 0.25) is 0 Å². The van der Waals surface area contributed by atoms with Gasteiger partial charge in [-0.25, -0.2) is 0 Å². The highest BCUT2D eigenvalue weighted by molar-refractivity contribution is 5.92. The number of amides is 1. The number of hydrogen-bond donors (Lipinski definition) is 1. The molecule has 0 atom stereocenters. The average Bonchev–Trinajstić information content (AvgIpc) is 2.65. The smallest absolute Gasteiger partial charge is 0.289 e. The van der Waals surface area contributed by atoms with E-state index in [-0.39, 0.29) is 12.5 Å². The summed E-state index contributed by atoms with van der Waals surface area (Å²) in [6, 6.07) is 1.77. The summed E-state index contributed by atoms with van der Waals surface area (Å²) in [5.41, 5.74) is 0.849. The number of nitrogens with zero attached hydrogens (tertiary/aromatic N) is 1. The summed E-state index contributed by atoms with van der Waals surface area (Å²) in [4.78, 5) is 13.6. The number of hydrogen-bond acceptors (Lipinski definition) is 3. The van der Waals surface area contributed by atoms with Crippen molar-refractivity contribution in [3.05, 3.63) is 23.7 Å². The molecule has 1 aromatic rings. The second-order valence-electron chi connectivity index (χ2n) is 3.39. The Morgan fingerprint density at radius 2 is 2.33 bits per heavy atom. The van der Waals surface area contributed by atoms with Crippen molar-refractivity contribution in [2.45, 2.75) is 20.3 Å². The minimum Gasteiger partial charge on any atom is -0.459 e. The lowest BCUT2D eigenvalue weighted by Gasteiger charge is -2.19. The summed E-state index contributed by atoms with van der Waals surface area (Å²) in [5, 5.41) is 8.72. The first kappa shape index (κ1) is 11.8. The molecule has 1 heterocycles. The highest BCUT2D eigenvalue weighted by atomic mass is 16.3. The van der Waals surface area contributed by atoms with Gasteiger partial charge in [-0.3, -0.25) is 4.79 Å². The normalized spacial score (nSPS) is 10.3. The van der Waals surface area contributed by atoms with Crippen molar-refractivity contribution in [3.63, 3.8) is 0 Å². The molecular formula is C11H17NO3. The first-order valence-corrected chi connectivity index (χ1v) is 5.15. The molecule has 0 aliphatic rings. The van der Waals surface area contributed by atoms with Crippen LogP contribution in [0.15, 0.2) is 16.7 Å². The van der Waals surface area contributed by atoms with Crippen molar-refractivity contribution >= 4 is 5.91 Å². The molecule has 0 unspecified atom stereocenters. The van der Waals surface area contributed by atoms with Crippen LogP contribution in [0.1, 0.15) is 29.5 Å². The van der Waals surface area contributed by atoms with Crippen LogP contribution in [0.5, 0.6) is 0 Å². The summed E-state index contributed by atoms with van der Waals surface area (Å²) in [6.07, 6.45) is 2.11. The van der Waals surface area contributed by atoms with Crippen LogP contribution in [0.3, 0.4) is 0 Å². The van der Waals surface area contributed by atoms with E-state index in [4.69, 9.17) is 9.52 Å². The van der Waals surface area contributed by atoms with E-state index in [1.165, 1.54) is 6.26 Å². The van der Waals surface area contributed by atoms with Crippen molar-refractivity contribution in [3.8, 4) is 0 Å². The van der Waals surface area contributed by atoms with Gasteiger partial charge in [-0.05, 0) is 26.3 Å². The first-order chi connectivity index (χ1) is 7.20. The third-order valence-corrected chi connectivity index (χ3v) is 2.31. The van der Waals surface area contributed by atoms with E-state index in [1.54, 1.807) is 11.0 Å². The minimum absolute atomic E-state index is 0.0981. The molecule has 1 N–H and O–H groups in total. The van der Waals surface area contributed by atoms with Gasteiger partial charge in [0.15, 0.2) is 5.76 Å². The Kier molecular flexibility index (Phi) is 4.37. The number of aryl methyl sites for hydroxylation is 1. The minimum atomic E-state index is -0.103. The number of furan rings is 1. The molecule has 0 aliphatic heterocycles. The predicted octanol–water partition coefficient (Wildman–Crippen LogP) is 1.43. The highest BCUT2D eigenvalue weighted by Gasteiger charge is 2.18. The summed E-state index contributed by atoms with van der Waals surface area (Å²) in [5.74, 6) is 0.295. The summed E-state index contributed by atoms with van der Waals surface area (Å²) >= 11 is 0. The van der Waals surface area contributed by atoms with Crippen molar-refractivity contribution in [2.75, 3.05) is 19.7 Å². The van der Waals surface area contributed by atoms with Crippen molar-refractivity contribution < 1.29 is 14.3 Å². The third kappa shape index (κ3) is 2.83. The lowest BCUT2D eigenvalue weighted by molar-refractivity contribution is 0.0721. The molecule has 4 heteroatoms. The van der Waals surface area contributed by atoms with Gasteiger partial charge < -0.3 is 14.4 Å². The standard InChI is InChI=1S/C11H17NO3/c1-3-12(6-4-7-13)11(14)10-9(2)5-8-15-10/h5,8,13H,3-4,6-7H2,1-2H3. The molecule has 0 fully saturated rings. The monoisotopic (exact) mass is 211 g/mol. The molecule has 0 aliphatic carbocycles. The largest absolute Gasteiger partial charge is 0.459 e. The molecule has 1 rings (SSSR count). The lowest BCUT2D eigenvalue weighted by atomic mass is 10.2. The fraction of sp³-hybridized carbons (Fsp3) is 0.545. The van der Waals surface area contributed by atoms with Gasteiger partial charge in [0.2, 0.25) is 0 Å². The van der Waals surface area contributed by atoms with Crippen LogP contribution in [0.25, 0.3) is 0 Å². The fourth-order valence-electron chi connectivity index (χ4n) is 1.40. The number of aliphatic hydroxyl groups is 1. The molecule has 1 amide bonds. The molecule has 1 aromatic heterocycles. The van der Waals surface area contributed by atoms with Crippen LogP contribution in [-0.4, -0.2) is 35.6 Å². The van der Waals surface area contributed by atoms with Gasteiger partial charge >= 0.3 is 0 Å². The van der Waals surface area contributed by atoms with E-state index in [0.29, 0.717) is 25.3 Å². The SMILES string of the molecule is CCN(CCCO)C(=O)c1occc1C. The van der Waals surface area contributed by atoms with E-state index in [2.05, 4.69) is 0 Å². The molecule has 4 nitrogen and oxygen atoms in total. The van der Waals surface area contributed by atoms with E-state index < -0.39 is 0 Å². The van der Waals surface area contributed by atoms with Gasteiger partial charge in [0.25, 0.3) is 5.91 Å². The van der Waals surface area contributed by atoms with Gasteiger partial charge in [0.05, 0.1) is 6.26 Å². The van der Waals surface area contributed by atoms with E-state index in [1.807, 2.05) is 13.8 Å². The molecule has 0 bridgehead atoms. The number of aliphatic hydroxyl groups excluding tert-OH is 1. The molecule has 0 saturated heterocycles. The van der Waals surface area contributed by atoms with Crippen LogP contribution < -0.4 is 0 Å². The Hall–Kier alpha value is -1.29. The topological polar surface area (TPSA) is 53.7 Å². The van der Waals surface area contributed by atoms with Gasteiger partial charge in [-0.2, -0.15) is 0 Å². The Bertz CT molecular complexity index is 319. The molecule has 0 saturated carbocycles. The fourth-order valence-corrected chi connectivity index (χ4v) is 1.40. The molecular weight excluding hydrogens is 194 g/mol. The third-order valence-electron chi connectivity index (χ3n) is 2.31. The second kappa shape index (κ2) is 5.56. The second-order valence-corrected chi connectivity index (χ2v) is 3.39. The Balaban J connectivity index is 2.69. The number of rotatable bonds is 5. The summed E-state index contributed by atoms with van der Waals surface area (Å²) < 4.78 is 5.14. The van der Waals surface area contributed by atoms with Crippen LogP contribution >= 0.6 is 0 Å². The molecule has 0 spiro atoms. The van der Waals surface area contributed by atoms with Gasteiger partial charge in [-0.15, -0.1) is 0 Å². The lowest BCUT2D eigenvalue weighted by Crippen LogP contribution is -2.32. The van der Waals surface area contributed by atoms with Crippen molar-refractivity contribution in [1.82, 2.24) is 4.90 Å². The molecule has 15 heavy (non-hydrogen) atoms. The Morgan fingerprint density at radius 1 is 1.60 bits per heavy atom. The van der Waals surface area contributed by atoms with Gasteiger partial charge in [0.1, 0.15) is 0 Å². The maximum absolute atomic E-state index is 11.9. The molecule has 0 radical (unpaired) electrons. The van der Waals surface area contributed by atoms with Crippen molar-refractivity contribution in [2.24, 2.45) is 0 Å². The zero-order chi connectivity index (χ0) is 11.3. The van der Waals surface area contributed by atoms with E-state index >= 15 is 0 Å². The highest BCUT2D eigenvalue weighted by Crippen LogP contribution is 2.12. The predicted molar refractivity (Wildman–Crippen MR) is 56.7 cm³/mol. The molecule has 84 valence electrons. The van der Waals surface area contributed by atoms with Crippen LogP contribution in [0, 0.1) is 6.92 Å². The van der Waals surface area contributed by atoms with Crippen molar-refractivity contribution in [1.29, 1.82) is 0 Å². The Labute approximate surface area is 89.5 Å². The number of carbonyl (C=O) groups is 1. The zero-order valence-corrected chi connectivity index (χ0v) is 9.19. The summed E-state index contributed by atoms with van der Waals surface area (Å²) in [6.45, 7) is 5.04. The van der Waals surface area contributed by atoms with Crippen LogP contribution in [0.4, 0.5) is 0 Å². The van der Waals surface area contributed by atoms with Crippen LogP contribution in [-0.2, 0) is 0 Å². The van der Waals surface area contributed by atoms with E-state index in [0.717, 1.165) is 5.56 Å². The quantitative estimate of drug-likeness (QED) is 0.801.